The van der Waals surface area contributed by atoms with Gasteiger partial charge in [-0.25, -0.2) is 9.79 Å². The van der Waals surface area contributed by atoms with Crippen molar-refractivity contribution in [2.24, 2.45) is 15.2 Å². The topological polar surface area (TPSA) is 95.6 Å². The van der Waals surface area contributed by atoms with E-state index in [1.165, 1.54) is 6.08 Å². The van der Waals surface area contributed by atoms with Gasteiger partial charge in [0.05, 0.1) is 18.9 Å². The number of hydrogen-bond acceptors (Lipinski definition) is 8. The molecule has 114 valence electrons. The van der Waals surface area contributed by atoms with Crippen molar-refractivity contribution in [3.8, 4) is 0 Å². The zero-order valence-corrected chi connectivity index (χ0v) is 12.6. The first-order valence-electron chi connectivity index (χ1n) is 6.44. The molecule has 0 aliphatic carbocycles. The highest BCUT2D eigenvalue weighted by atomic mass is 32.2. The van der Waals surface area contributed by atoms with Gasteiger partial charge >= 0.3 is 5.97 Å². The molecule has 0 fully saturated rings. The number of rotatable bonds is 4. The monoisotopic (exact) mass is 318 g/mol. The molecule has 0 bridgehead atoms. The summed E-state index contributed by atoms with van der Waals surface area (Å²) < 4.78 is 4.79. The van der Waals surface area contributed by atoms with Crippen molar-refractivity contribution < 1.29 is 14.7 Å². The van der Waals surface area contributed by atoms with Crippen LogP contribution in [0.2, 0.25) is 0 Å². The number of hydrogen-bond donors (Lipinski definition) is 2. The van der Waals surface area contributed by atoms with Gasteiger partial charge < -0.3 is 9.94 Å². The van der Waals surface area contributed by atoms with E-state index in [2.05, 4.69) is 20.7 Å². The van der Waals surface area contributed by atoms with E-state index >= 15 is 0 Å². The fourth-order valence-electron chi connectivity index (χ4n) is 1.53. The highest BCUT2D eigenvalue weighted by Gasteiger charge is 2.22. The molecular weight excluding hydrogens is 304 g/mol. The van der Waals surface area contributed by atoms with Crippen LogP contribution in [0.4, 0.5) is 0 Å². The summed E-state index contributed by atoms with van der Waals surface area (Å²) in [5.41, 5.74) is 3.88. The second-order valence-electron chi connectivity index (χ2n) is 3.99. The van der Waals surface area contributed by atoms with Crippen LogP contribution in [0.15, 0.2) is 57.4 Å². The van der Waals surface area contributed by atoms with Gasteiger partial charge in [0.25, 0.3) is 0 Å². The van der Waals surface area contributed by atoms with E-state index < -0.39 is 5.97 Å². The summed E-state index contributed by atoms with van der Waals surface area (Å²) >= 11 is 1.06. The molecule has 2 N–H and O–H groups in total. The van der Waals surface area contributed by atoms with Gasteiger partial charge in [-0.3, -0.25) is 5.43 Å². The molecule has 0 radical (unpaired) electrons. The first-order chi connectivity index (χ1) is 10.7. The summed E-state index contributed by atoms with van der Waals surface area (Å²) in [6.07, 6.45) is 2.80. The minimum atomic E-state index is -0.544. The highest BCUT2D eigenvalue weighted by molar-refractivity contribution is 8.27. The summed E-state index contributed by atoms with van der Waals surface area (Å²) in [6.45, 7) is 1.97. The summed E-state index contributed by atoms with van der Waals surface area (Å²) in [5.74, 6) is -0.544. The van der Waals surface area contributed by atoms with E-state index in [4.69, 9.17) is 9.94 Å². The SMILES string of the molecule is CCOC(=O)/C=C1/N=C(N/N=C/c2ccccc2)S/C1=N\O. The van der Waals surface area contributed by atoms with Gasteiger partial charge in [-0.05, 0) is 24.2 Å². The Bertz CT molecular complexity index is 653. The molecule has 0 spiro atoms. The van der Waals surface area contributed by atoms with Crippen LogP contribution in [0.5, 0.6) is 0 Å². The molecule has 0 unspecified atom stereocenters. The van der Waals surface area contributed by atoms with Crippen molar-refractivity contribution >= 4 is 34.2 Å². The molecule has 0 amide bonds. The molecule has 0 saturated heterocycles. The van der Waals surface area contributed by atoms with Crippen molar-refractivity contribution in [3.63, 3.8) is 0 Å². The maximum absolute atomic E-state index is 11.4. The Morgan fingerprint density at radius 2 is 2.23 bits per heavy atom. The van der Waals surface area contributed by atoms with E-state index in [0.717, 1.165) is 17.3 Å². The minimum absolute atomic E-state index is 0.200. The lowest BCUT2D eigenvalue weighted by Crippen LogP contribution is -2.11. The van der Waals surface area contributed by atoms with Gasteiger partial charge in [0, 0.05) is 0 Å². The number of aliphatic imine (C=N–C) groups is 1. The molecular formula is C14H14N4O3S. The van der Waals surface area contributed by atoms with Gasteiger partial charge in [0.2, 0.25) is 0 Å². The molecule has 1 aromatic rings. The van der Waals surface area contributed by atoms with Crippen molar-refractivity contribution in [1.29, 1.82) is 0 Å². The molecule has 8 heteroatoms. The van der Waals surface area contributed by atoms with Crippen LogP contribution in [-0.4, -0.2) is 34.2 Å². The third-order valence-electron chi connectivity index (χ3n) is 2.44. The second kappa shape index (κ2) is 7.99. The number of hydrazone groups is 1. The number of nitrogens with zero attached hydrogens (tertiary/aromatic N) is 3. The van der Waals surface area contributed by atoms with Gasteiger partial charge in [-0.1, -0.05) is 35.5 Å². The average molecular weight is 318 g/mol. The van der Waals surface area contributed by atoms with Crippen molar-refractivity contribution in [3.05, 3.63) is 47.7 Å². The van der Waals surface area contributed by atoms with Crippen molar-refractivity contribution in [1.82, 2.24) is 5.43 Å². The third kappa shape index (κ3) is 4.45. The van der Waals surface area contributed by atoms with Gasteiger partial charge in [-0.2, -0.15) is 5.10 Å². The van der Waals surface area contributed by atoms with Crippen LogP contribution in [-0.2, 0) is 9.53 Å². The normalized spacial score (nSPS) is 18.0. The molecule has 0 saturated carbocycles. The predicted molar refractivity (Wildman–Crippen MR) is 86.1 cm³/mol. The Labute approximate surface area is 131 Å². The zero-order valence-electron chi connectivity index (χ0n) is 11.8. The highest BCUT2D eigenvalue weighted by Crippen LogP contribution is 2.23. The first kappa shape index (κ1) is 15.8. The molecule has 22 heavy (non-hydrogen) atoms. The molecule has 0 aromatic heterocycles. The molecule has 7 nitrogen and oxygen atoms in total. The lowest BCUT2D eigenvalue weighted by atomic mass is 10.2. The summed E-state index contributed by atoms with van der Waals surface area (Å²) in [7, 11) is 0. The second-order valence-corrected chi connectivity index (χ2v) is 4.96. The smallest absolute Gasteiger partial charge is 0.333 e. The largest absolute Gasteiger partial charge is 0.463 e. The fraction of sp³-hybridized carbons (Fsp3) is 0.143. The van der Waals surface area contributed by atoms with Crippen LogP contribution in [0.25, 0.3) is 0 Å². The van der Waals surface area contributed by atoms with Gasteiger partial charge in [0.15, 0.2) is 10.2 Å². The Hall–Kier alpha value is -2.61. The number of ether oxygens (including phenoxy) is 1. The Balaban J connectivity index is 2.03. The lowest BCUT2D eigenvalue weighted by Gasteiger charge is -1.96. The number of amidine groups is 1. The number of nitrogens with one attached hydrogen (secondary N) is 1. The number of thioether (sulfide) groups is 1. The van der Waals surface area contributed by atoms with Crippen molar-refractivity contribution in [2.45, 2.75) is 6.92 Å². The van der Waals surface area contributed by atoms with Crippen LogP contribution in [0.3, 0.4) is 0 Å². The Morgan fingerprint density at radius 1 is 1.45 bits per heavy atom. The van der Waals surface area contributed by atoms with Crippen LogP contribution in [0.1, 0.15) is 12.5 Å². The first-order valence-corrected chi connectivity index (χ1v) is 7.26. The maximum Gasteiger partial charge on any atom is 0.333 e. The molecule has 0 atom stereocenters. The summed E-state index contributed by atoms with van der Waals surface area (Å²) in [4.78, 5) is 15.5. The van der Waals surface area contributed by atoms with E-state index in [-0.39, 0.29) is 17.3 Å². The molecule has 1 heterocycles. The van der Waals surface area contributed by atoms with Crippen LogP contribution in [0, 0.1) is 0 Å². The number of esters is 1. The third-order valence-corrected chi connectivity index (χ3v) is 3.30. The van der Waals surface area contributed by atoms with Crippen LogP contribution >= 0.6 is 11.8 Å². The van der Waals surface area contributed by atoms with E-state index in [9.17, 15) is 4.79 Å². The standard InChI is InChI=1S/C14H14N4O3S/c1-2-21-12(19)8-11-13(18-20)22-14(16-11)17-15-9-10-6-4-3-5-7-10/h3-9,20H,2H2,1H3,(H,16,17)/b11-8+,15-9+,18-13-. The average Bonchev–Trinajstić information content (AvgIpc) is 2.90. The number of carbonyl (C=O) groups excluding carboxylic acids is 1. The lowest BCUT2D eigenvalue weighted by molar-refractivity contribution is -0.137. The number of benzene rings is 1. The maximum atomic E-state index is 11.4. The molecule has 1 aliphatic rings. The van der Waals surface area contributed by atoms with Gasteiger partial charge in [0.1, 0.15) is 5.70 Å². The van der Waals surface area contributed by atoms with Crippen molar-refractivity contribution in [2.75, 3.05) is 6.61 Å². The van der Waals surface area contributed by atoms with E-state index in [1.807, 2.05) is 30.3 Å². The van der Waals surface area contributed by atoms with E-state index in [1.54, 1.807) is 13.1 Å². The molecule has 1 aliphatic heterocycles. The summed E-state index contributed by atoms with van der Waals surface area (Å²) in [5, 5.41) is 16.7. The van der Waals surface area contributed by atoms with Gasteiger partial charge in [-0.15, -0.1) is 0 Å². The van der Waals surface area contributed by atoms with Crippen LogP contribution < -0.4 is 5.43 Å². The summed E-state index contributed by atoms with van der Waals surface area (Å²) in [6, 6.07) is 9.53. The Kier molecular flexibility index (Phi) is 5.73. The molecule has 1 aromatic carbocycles. The Morgan fingerprint density at radius 3 is 2.91 bits per heavy atom. The van der Waals surface area contributed by atoms with E-state index in [0.29, 0.717) is 5.17 Å². The number of oxime groups is 1. The predicted octanol–water partition coefficient (Wildman–Crippen LogP) is 1.95. The molecule has 2 rings (SSSR count). The fourth-order valence-corrected chi connectivity index (χ4v) is 2.21. The minimum Gasteiger partial charge on any atom is -0.463 e. The number of carbonyl (C=O) groups is 1. The zero-order chi connectivity index (χ0) is 15.8. The quantitative estimate of drug-likeness (QED) is 0.291.